The summed E-state index contributed by atoms with van der Waals surface area (Å²) in [6.07, 6.45) is 3.64. The minimum absolute atomic E-state index is 0.0416. The van der Waals surface area contributed by atoms with Crippen molar-refractivity contribution in [1.82, 2.24) is 0 Å². The third-order valence-electron chi connectivity index (χ3n) is 4.08. The zero-order valence-corrected chi connectivity index (χ0v) is 10.3. The third-order valence-corrected chi connectivity index (χ3v) is 4.08. The van der Waals surface area contributed by atoms with Crippen molar-refractivity contribution in [2.75, 3.05) is 0 Å². The molecule has 1 saturated carbocycles. The van der Waals surface area contributed by atoms with E-state index in [1.807, 2.05) is 0 Å². The van der Waals surface area contributed by atoms with E-state index in [9.17, 15) is 0 Å². The monoisotopic (exact) mass is 225 g/mol. The van der Waals surface area contributed by atoms with Crippen LogP contribution in [-0.4, -0.2) is 0 Å². The molecule has 88 valence electrons. The van der Waals surface area contributed by atoms with Crippen LogP contribution in [0, 0.1) is 5.92 Å². The Kier molecular flexibility index (Phi) is 2.44. The van der Waals surface area contributed by atoms with E-state index < -0.39 is 0 Å². The lowest BCUT2D eigenvalue weighted by Gasteiger charge is -2.13. The van der Waals surface area contributed by atoms with E-state index in [0.29, 0.717) is 5.92 Å². The normalized spacial score (nSPS) is 27.3. The molecule has 0 aromatic heterocycles. The van der Waals surface area contributed by atoms with Crippen molar-refractivity contribution in [2.45, 2.75) is 31.7 Å². The van der Waals surface area contributed by atoms with Gasteiger partial charge in [-0.05, 0) is 41.2 Å². The topological polar surface area (TPSA) is 26.0 Å². The maximum Gasteiger partial charge on any atom is 0.0442 e. The lowest BCUT2D eigenvalue weighted by atomic mass is 9.98. The van der Waals surface area contributed by atoms with Gasteiger partial charge in [0.2, 0.25) is 0 Å². The number of fused-ring (bicyclic) bond motifs is 1. The Bertz CT molecular complexity index is 546. The van der Waals surface area contributed by atoms with Crippen molar-refractivity contribution in [3.05, 3.63) is 48.0 Å². The fourth-order valence-corrected chi connectivity index (χ4v) is 2.89. The number of hydrogen-bond donors (Lipinski definition) is 1. The summed E-state index contributed by atoms with van der Waals surface area (Å²) in [6, 6.07) is 15.2. The second-order valence-corrected chi connectivity index (χ2v) is 5.29. The summed E-state index contributed by atoms with van der Waals surface area (Å²) in [7, 11) is 0. The highest BCUT2D eigenvalue weighted by atomic mass is 14.9. The molecular weight excluding hydrogens is 206 g/mol. The minimum Gasteiger partial charge on any atom is -0.321 e. The Morgan fingerprint density at radius 2 is 1.94 bits per heavy atom. The molecule has 1 aliphatic rings. The molecule has 3 rings (SSSR count). The van der Waals surface area contributed by atoms with Crippen LogP contribution in [0.2, 0.25) is 0 Å². The average molecular weight is 225 g/mol. The lowest BCUT2D eigenvalue weighted by molar-refractivity contribution is 0.584. The molecular formula is C16H19N. The summed E-state index contributed by atoms with van der Waals surface area (Å²) in [5.41, 5.74) is 7.76. The van der Waals surface area contributed by atoms with Crippen molar-refractivity contribution >= 4 is 10.8 Å². The summed E-state index contributed by atoms with van der Waals surface area (Å²) >= 11 is 0. The van der Waals surface area contributed by atoms with E-state index in [4.69, 9.17) is 5.73 Å². The lowest BCUT2D eigenvalue weighted by Crippen LogP contribution is -2.22. The molecule has 0 heterocycles. The molecule has 0 saturated heterocycles. The summed E-state index contributed by atoms with van der Waals surface area (Å²) in [6.45, 7) is 2.24. The van der Waals surface area contributed by atoms with Gasteiger partial charge in [0.1, 0.15) is 0 Å². The van der Waals surface area contributed by atoms with Gasteiger partial charge in [0.25, 0.3) is 0 Å². The van der Waals surface area contributed by atoms with Crippen LogP contribution in [0.4, 0.5) is 0 Å². The van der Waals surface area contributed by atoms with E-state index in [1.165, 1.54) is 29.2 Å². The van der Waals surface area contributed by atoms with Crippen molar-refractivity contribution in [3.8, 4) is 0 Å². The van der Waals surface area contributed by atoms with Crippen LogP contribution in [0.3, 0.4) is 0 Å². The summed E-state index contributed by atoms with van der Waals surface area (Å²) in [4.78, 5) is 0. The fraction of sp³-hybridized carbons (Fsp3) is 0.375. The molecule has 2 aromatic carbocycles. The Hall–Kier alpha value is -1.34. The van der Waals surface area contributed by atoms with Crippen LogP contribution < -0.4 is 5.73 Å². The zero-order valence-electron chi connectivity index (χ0n) is 10.3. The SMILES string of the molecule is CCCC1CC1(N)c1ccc2ccccc2c1. The number of hydrogen-bond acceptors (Lipinski definition) is 1. The van der Waals surface area contributed by atoms with Crippen molar-refractivity contribution in [2.24, 2.45) is 11.7 Å². The van der Waals surface area contributed by atoms with Gasteiger partial charge in [-0.15, -0.1) is 0 Å². The second kappa shape index (κ2) is 3.85. The Morgan fingerprint density at radius 3 is 2.71 bits per heavy atom. The first-order valence-corrected chi connectivity index (χ1v) is 6.52. The number of nitrogens with two attached hydrogens (primary N) is 1. The van der Waals surface area contributed by atoms with Gasteiger partial charge in [-0.1, -0.05) is 49.7 Å². The molecule has 0 amide bonds. The van der Waals surface area contributed by atoms with Gasteiger partial charge in [-0.2, -0.15) is 0 Å². The average Bonchev–Trinajstić information content (AvgIpc) is 3.01. The van der Waals surface area contributed by atoms with Crippen LogP contribution in [-0.2, 0) is 5.54 Å². The predicted molar refractivity (Wildman–Crippen MR) is 72.8 cm³/mol. The summed E-state index contributed by atoms with van der Waals surface area (Å²) in [5, 5.41) is 2.60. The summed E-state index contributed by atoms with van der Waals surface area (Å²) < 4.78 is 0. The molecule has 1 aliphatic carbocycles. The van der Waals surface area contributed by atoms with Crippen molar-refractivity contribution in [1.29, 1.82) is 0 Å². The number of benzene rings is 2. The Morgan fingerprint density at radius 1 is 1.18 bits per heavy atom. The highest BCUT2D eigenvalue weighted by molar-refractivity contribution is 5.83. The van der Waals surface area contributed by atoms with Gasteiger partial charge in [-0.3, -0.25) is 0 Å². The fourth-order valence-electron chi connectivity index (χ4n) is 2.89. The molecule has 0 spiro atoms. The Balaban J connectivity index is 1.97. The van der Waals surface area contributed by atoms with Crippen LogP contribution in [0.1, 0.15) is 31.7 Å². The third kappa shape index (κ3) is 1.75. The molecule has 0 radical (unpaired) electrons. The van der Waals surface area contributed by atoms with Gasteiger partial charge >= 0.3 is 0 Å². The molecule has 1 nitrogen and oxygen atoms in total. The molecule has 2 atom stereocenters. The largest absolute Gasteiger partial charge is 0.321 e. The van der Waals surface area contributed by atoms with Crippen LogP contribution in [0.15, 0.2) is 42.5 Å². The van der Waals surface area contributed by atoms with E-state index >= 15 is 0 Å². The smallest absolute Gasteiger partial charge is 0.0442 e. The maximum atomic E-state index is 6.49. The molecule has 2 N–H and O–H groups in total. The summed E-state index contributed by atoms with van der Waals surface area (Å²) in [5.74, 6) is 0.689. The zero-order chi connectivity index (χ0) is 11.9. The van der Waals surface area contributed by atoms with Crippen molar-refractivity contribution in [3.63, 3.8) is 0 Å². The molecule has 2 aromatic rings. The first-order chi connectivity index (χ1) is 8.24. The Labute approximate surface area is 103 Å². The standard InChI is InChI=1S/C16H19N/c1-2-5-15-11-16(15,17)14-9-8-12-6-3-4-7-13(12)10-14/h3-4,6-10,15H,2,5,11,17H2,1H3. The molecule has 0 aliphatic heterocycles. The predicted octanol–water partition coefficient (Wildman–Crippen LogP) is 3.81. The van der Waals surface area contributed by atoms with Gasteiger partial charge in [0.15, 0.2) is 0 Å². The molecule has 0 bridgehead atoms. The molecule has 1 heteroatoms. The molecule has 2 unspecified atom stereocenters. The second-order valence-electron chi connectivity index (χ2n) is 5.29. The van der Waals surface area contributed by atoms with Crippen LogP contribution in [0.5, 0.6) is 0 Å². The van der Waals surface area contributed by atoms with Crippen LogP contribution >= 0.6 is 0 Å². The first kappa shape index (κ1) is 10.8. The van der Waals surface area contributed by atoms with Gasteiger partial charge < -0.3 is 5.73 Å². The molecule has 1 fully saturated rings. The maximum absolute atomic E-state index is 6.49. The quantitative estimate of drug-likeness (QED) is 0.844. The van der Waals surface area contributed by atoms with Gasteiger partial charge in [0, 0.05) is 5.54 Å². The van der Waals surface area contributed by atoms with E-state index in [-0.39, 0.29) is 5.54 Å². The van der Waals surface area contributed by atoms with Gasteiger partial charge in [-0.25, -0.2) is 0 Å². The van der Waals surface area contributed by atoms with Gasteiger partial charge in [0.05, 0.1) is 0 Å². The van der Waals surface area contributed by atoms with E-state index in [2.05, 4.69) is 49.4 Å². The minimum atomic E-state index is -0.0416. The first-order valence-electron chi connectivity index (χ1n) is 6.52. The van der Waals surface area contributed by atoms with Crippen molar-refractivity contribution < 1.29 is 0 Å². The highest BCUT2D eigenvalue weighted by Crippen LogP contribution is 2.52. The van der Waals surface area contributed by atoms with E-state index in [1.54, 1.807) is 0 Å². The van der Waals surface area contributed by atoms with Crippen LogP contribution in [0.25, 0.3) is 10.8 Å². The van der Waals surface area contributed by atoms with E-state index in [0.717, 1.165) is 6.42 Å². The highest BCUT2D eigenvalue weighted by Gasteiger charge is 2.51. The molecule has 17 heavy (non-hydrogen) atoms. The number of rotatable bonds is 3.